The fourth-order valence-electron chi connectivity index (χ4n) is 3.36. The van der Waals surface area contributed by atoms with Gasteiger partial charge >= 0.3 is 0 Å². The second kappa shape index (κ2) is 6.16. The van der Waals surface area contributed by atoms with E-state index in [2.05, 4.69) is 15.5 Å². The molecule has 7 heteroatoms. The van der Waals surface area contributed by atoms with Crippen molar-refractivity contribution in [1.82, 2.24) is 5.32 Å². The number of hydrogen-bond acceptors (Lipinski definition) is 5. The van der Waals surface area contributed by atoms with Crippen LogP contribution in [-0.2, 0) is 4.79 Å². The van der Waals surface area contributed by atoms with Gasteiger partial charge in [0.25, 0.3) is 11.8 Å². The van der Waals surface area contributed by atoms with E-state index in [-0.39, 0.29) is 29.7 Å². The van der Waals surface area contributed by atoms with E-state index >= 15 is 0 Å². The highest BCUT2D eigenvalue weighted by molar-refractivity contribution is 5.97. The summed E-state index contributed by atoms with van der Waals surface area (Å²) in [6.07, 6.45) is 3.68. The standard InChI is InChI=1S/C18H17N3O4/c1-24-14-4-2-3-10-8-15(25-17(10)14)18(23)19-12-5-6-13-11(7-12)9-16(22)21-20-13/h2-4,8-9,12-13H,5-7H2,1H3,(H,19,23). The van der Waals surface area contributed by atoms with Crippen molar-refractivity contribution >= 4 is 22.8 Å². The molecular weight excluding hydrogens is 322 g/mol. The maximum atomic E-state index is 12.5. The van der Waals surface area contributed by atoms with Gasteiger partial charge in [0.05, 0.1) is 13.2 Å². The largest absolute Gasteiger partial charge is 0.493 e. The number of amides is 2. The van der Waals surface area contributed by atoms with Crippen molar-refractivity contribution in [3.05, 3.63) is 41.7 Å². The van der Waals surface area contributed by atoms with Crippen LogP contribution in [0.15, 0.2) is 50.6 Å². The van der Waals surface area contributed by atoms with Crippen LogP contribution in [0.3, 0.4) is 0 Å². The molecule has 2 aliphatic rings. The van der Waals surface area contributed by atoms with Gasteiger partial charge in [-0.05, 0) is 37.0 Å². The summed E-state index contributed by atoms with van der Waals surface area (Å²) in [6, 6.07) is 7.13. The molecule has 2 heterocycles. The average molecular weight is 339 g/mol. The fourth-order valence-corrected chi connectivity index (χ4v) is 3.36. The number of fused-ring (bicyclic) bond motifs is 2. The highest BCUT2D eigenvalue weighted by Crippen LogP contribution is 2.31. The quantitative estimate of drug-likeness (QED) is 0.930. The van der Waals surface area contributed by atoms with Crippen LogP contribution >= 0.6 is 0 Å². The first-order chi connectivity index (χ1) is 12.1. The number of carbonyl (C=O) groups is 2. The summed E-state index contributed by atoms with van der Waals surface area (Å²) in [4.78, 5) is 23.9. The molecule has 128 valence electrons. The molecule has 2 unspecified atom stereocenters. The highest BCUT2D eigenvalue weighted by atomic mass is 16.5. The molecule has 2 aromatic rings. The van der Waals surface area contributed by atoms with E-state index in [0.717, 1.165) is 23.8 Å². The van der Waals surface area contributed by atoms with Crippen LogP contribution in [0.2, 0.25) is 0 Å². The molecule has 0 spiro atoms. The highest BCUT2D eigenvalue weighted by Gasteiger charge is 2.29. The number of nitrogens with one attached hydrogen (secondary N) is 1. The normalized spacial score (nSPS) is 22.4. The summed E-state index contributed by atoms with van der Waals surface area (Å²) < 4.78 is 10.9. The second-order valence-electron chi connectivity index (χ2n) is 6.23. The van der Waals surface area contributed by atoms with Gasteiger partial charge in [0.15, 0.2) is 17.1 Å². The number of rotatable bonds is 3. The Hall–Kier alpha value is -2.96. The van der Waals surface area contributed by atoms with Gasteiger partial charge in [-0.2, -0.15) is 5.11 Å². The Bertz CT molecular complexity index is 912. The Kier molecular flexibility index (Phi) is 3.83. The lowest BCUT2D eigenvalue weighted by atomic mass is 9.86. The molecule has 1 aromatic carbocycles. The number of ether oxygens (including phenoxy) is 1. The lowest BCUT2D eigenvalue weighted by molar-refractivity contribution is -0.114. The predicted octanol–water partition coefficient (Wildman–Crippen LogP) is 3.01. The summed E-state index contributed by atoms with van der Waals surface area (Å²) >= 11 is 0. The Morgan fingerprint density at radius 1 is 1.36 bits per heavy atom. The Labute approximate surface area is 143 Å². The smallest absolute Gasteiger partial charge is 0.287 e. The van der Waals surface area contributed by atoms with E-state index in [9.17, 15) is 9.59 Å². The zero-order valence-electron chi connectivity index (χ0n) is 13.7. The number of nitrogens with zero attached hydrogens (tertiary/aromatic N) is 2. The van der Waals surface area contributed by atoms with E-state index < -0.39 is 0 Å². The Balaban J connectivity index is 1.50. The number of furan rings is 1. The van der Waals surface area contributed by atoms with E-state index in [4.69, 9.17) is 9.15 Å². The van der Waals surface area contributed by atoms with Crippen LogP contribution in [-0.4, -0.2) is 31.0 Å². The van der Waals surface area contributed by atoms with Gasteiger partial charge in [-0.15, -0.1) is 5.11 Å². The number of benzene rings is 1. The Morgan fingerprint density at radius 2 is 2.24 bits per heavy atom. The molecule has 25 heavy (non-hydrogen) atoms. The van der Waals surface area contributed by atoms with Gasteiger partial charge in [-0.1, -0.05) is 12.1 Å². The van der Waals surface area contributed by atoms with Crippen molar-refractivity contribution in [2.75, 3.05) is 7.11 Å². The summed E-state index contributed by atoms with van der Waals surface area (Å²) in [5.41, 5.74) is 1.49. The third kappa shape index (κ3) is 2.93. The lowest BCUT2D eigenvalue weighted by Gasteiger charge is -2.29. The van der Waals surface area contributed by atoms with Crippen LogP contribution in [0.4, 0.5) is 0 Å². The summed E-state index contributed by atoms with van der Waals surface area (Å²) in [5, 5.41) is 11.4. The molecule has 1 aromatic heterocycles. The first-order valence-corrected chi connectivity index (χ1v) is 8.17. The molecule has 2 atom stereocenters. The van der Waals surface area contributed by atoms with E-state index in [1.807, 2.05) is 12.1 Å². The molecule has 7 nitrogen and oxygen atoms in total. The SMILES string of the molecule is COc1cccc2cc(C(=O)NC3CCC4N=NC(=O)C=C4C3)oc12. The zero-order valence-corrected chi connectivity index (χ0v) is 13.7. The molecule has 4 rings (SSSR count). The molecule has 1 fully saturated rings. The van der Waals surface area contributed by atoms with E-state index in [1.54, 1.807) is 19.2 Å². The molecular formula is C18H17N3O4. The van der Waals surface area contributed by atoms with Crippen LogP contribution < -0.4 is 10.1 Å². The summed E-state index contributed by atoms with van der Waals surface area (Å²) in [6.45, 7) is 0. The predicted molar refractivity (Wildman–Crippen MR) is 89.6 cm³/mol. The topological polar surface area (TPSA) is 93.3 Å². The minimum Gasteiger partial charge on any atom is -0.493 e. The molecule has 1 N–H and O–H groups in total. The van der Waals surface area contributed by atoms with Crippen LogP contribution in [0, 0.1) is 0 Å². The van der Waals surface area contributed by atoms with Gasteiger partial charge < -0.3 is 14.5 Å². The number of azo groups is 1. The van der Waals surface area contributed by atoms with Gasteiger partial charge in [0.2, 0.25) is 0 Å². The minimum absolute atomic E-state index is 0.0266. The van der Waals surface area contributed by atoms with Gasteiger partial charge in [-0.3, -0.25) is 9.59 Å². The number of carbonyl (C=O) groups excluding carboxylic acids is 2. The Morgan fingerprint density at radius 3 is 3.08 bits per heavy atom. The first-order valence-electron chi connectivity index (χ1n) is 8.17. The summed E-state index contributed by atoms with van der Waals surface area (Å²) in [5.74, 6) is 0.233. The number of hydrogen-bond donors (Lipinski definition) is 1. The van der Waals surface area contributed by atoms with Gasteiger partial charge in [0.1, 0.15) is 0 Å². The third-order valence-electron chi connectivity index (χ3n) is 4.59. The number of para-hydroxylation sites is 1. The first kappa shape index (κ1) is 15.6. The molecule has 0 radical (unpaired) electrons. The summed E-state index contributed by atoms with van der Waals surface area (Å²) in [7, 11) is 1.56. The van der Waals surface area contributed by atoms with Crippen LogP contribution in [0.25, 0.3) is 11.0 Å². The second-order valence-corrected chi connectivity index (χ2v) is 6.23. The molecule has 1 saturated carbocycles. The van der Waals surface area contributed by atoms with Crippen molar-refractivity contribution in [2.24, 2.45) is 10.2 Å². The van der Waals surface area contributed by atoms with Gasteiger partial charge in [-0.25, -0.2) is 0 Å². The lowest BCUT2D eigenvalue weighted by Crippen LogP contribution is -2.39. The molecule has 0 bridgehead atoms. The monoisotopic (exact) mass is 339 g/mol. The average Bonchev–Trinajstić information content (AvgIpc) is 3.05. The molecule has 0 saturated heterocycles. The van der Waals surface area contributed by atoms with Crippen molar-refractivity contribution in [1.29, 1.82) is 0 Å². The number of methoxy groups -OCH3 is 1. The van der Waals surface area contributed by atoms with Crippen molar-refractivity contribution in [2.45, 2.75) is 31.3 Å². The maximum absolute atomic E-state index is 12.5. The minimum atomic E-state index is -0.331. The van der Waals surface area contributed by atoms with Crippen molar-refractivity contribution in [3.63, 3.8) is 0 Å². The van der Waals surface area contributed by atoms with Crippen molar-refractivity contribution in [3.8, 4) is 5.75 Å². The van der Waals surface area contributed by atoms with Crippen molar-refractivity contribution < 1.29 is 18.7 Å². The van der Waals surface area contributed by atoms with Gasteiger partial charge in [0, 0.05) is 17.5 Å². The molecule has 2 amide bonds. The van der Waals surface area contributed by atoms with Crippen LogP contribution in [0.1, 0.15) is 29.8 Å². The van der Waals surface area contributed by atoms with E-state index in [0.29, 0.717) is 17.8 Å². The fraction of sp³-hybridized carbons (Fsp3) is 0.333. The molecule has 1 aliphatic carbocycles. The maximum Gasteiger partial charge on any atom is 0.287 e. The van der Waals surface area contributed by atoms with E-state index in [1.165, 1.54) is 6.08 Å². The molecule has 1 aliphatic heterocycles. The van der Waals surface area contributed by atoms with Crippen LogP contribution in [0.5, 0.6) is 5.75 Å². The zero-order chi connectivity index (χ0) is 17.4. The third-order valence-corrected chi connectivity index (χ3v) is 4.59.